The summed E-state index contributed by atoms with van der Waals surface area (Å²) in [5, 5.41) is 4.71. The van der Waals surface area contributed by atoms with E-state index in [0.717, 1.165) is 29.2 Å². The van der Waals surface area contributed by atoms with Crippen LogP contribution in [0.2, 0.25) is 5.02 Å². The van der Waals surface area contributed by atoms with Gasteiger partial charge in [0.1, 0.15) is 5.82 Å². The zero-order chi connectivity index (χ0) is 20.5. The minimum atomic E-state index is -0.521. The average Bonchev–Trinajstić information content (AvgIpc) is 3.55. The van der Waals surface area contributed by atoms with Crippen LogP contribution in [-0.4, -0.2) is 29.1 Å². The summed E-state index contributed by atoms with van der Waals surface area (Å²) in [7, 11) is 1.59. The third kappa shape index (κ3) is 3.85. The molecular weight excluding hydrogens is 393 g/mol. The summed E-state index contributed by atoms with van der Waals surface area (Å²) < 4.78 is 18.8. The Bertz CT molecular complexity index is 1070. The second kappa shape index (κ2) is 7.87. The number of fused-ring (bicyclic) bond motifs is 1. The van der Waals surface area contributed by atoms with Crippen LogP contribution in [0.1, 0.15) is 31.4 Å². The molecule has 1 fully saturated rings. The van der Waals surface area contributed by atoms with Gasteiger partial charge >= 0.3 is 6.03 Å². The third-order valence-electron chi connectivity index (χ3n) is 5.20. The van der Waals surface area contributed by atoms with Crippen molar-refractivity contribution in [2.75, 3.05) is 12.4 Å². The Hall–Kier alpha value is -2.86. The number of amides is 2. The molecule has 0 radical (unpaired) electrons. The van der Waals surface area contributed by atoms with Crippen molar-refractivity contribution in [1.82, 2.24) is 9.88 Å². The monoisotopic (exact) mass is 413 g/mol. The summed E-state index contributed by atoms with van der Waals surface area (Å²) in [5.74, 6) is 0.0350. The summed E-state index contributed by atoms with van der Waals surface area (Å²) in [6.45, 7) is 1.99. The number of methoxy groups -OCH3 is 1. The first-order chi connectivity index (χ1) is 14.0. The van der Waals surface area contributed by atoms with Gasteiger partial charge in [-0.2, -0.15) is 0 Å². The third-order valence-corrected chi connectivity index (χ3v) is 5.49. The highest BCUT2D eigenvalue weighted by atomic mass is 35.5. The second-order valence-corrected chi connectivity index (χ2v) is 7.55. The molecule has 1 aliphatic rings. The lowest BCUT2D eigenvalue weighted by atomic mass is 10.0. The van der Waals surface area contributed by atoms with Crippen molar-refractivity contribution >= 4 is 34.1 Å². The minimum Gasteiger partial charge on any atom is -0.481 e. The fourth-order valence-electron chi connectivity index (χ4n) is 3.61. The summed E-state index contributed by atoms with van der Waals surface area (Å²) in [6.07, 6.45) is 3.66. The number of urea groups is 1. The Balaban J connectivity index is 1.66. The number of halogens is 2. The normalized spacial score (nSPS) is 14.5. The second-order valence-electron chi connectivity index (χ2n) is 7.14. The Labute approximate surface area is 173 Å². The first-order valence-corrected chi connectivity index (χ1v) is 9.83. The van der Waals surface area contributed by atoms with Crippen LogP contribution < -0.4 is 10.1 Å². The van der Waals surface area contributed by atoms with Gasteiger partial charge in [0.2, 0.25) is 5.88 Å². The van der Waals surface area contributed by atoms with Crippen LogP contribution in [-0.2, 0) is 0 Å². The van der Waals surface area contributed by atoms with Gasteiger partial charge < -0.3 is 15.0 Å². The van der Waals surface area contributed by atoms with Gasteiger partial charge in [0.25, 0.3) is 0 Å². The van der Waals surface area contributed by atoms with Gasteiger partial charge in [-0.3, -0.25) is 0 Å². The maximum atomic E-state index is 13.4. The number of carbonyl (C=O) groups excluding carboxylic acids is 1. The topological polar surface area (TPSA) is 54.5 Å². The van der Waals surface area contributed by atoms with Crippen LogP contribution in [0.25, 0.3) is 10.8 Å². The standard InChI is InChI=1S/C22H21ClFN3O2/c1-13(18-12-25-21(29-2)17-6-4-3-5-16(17)18)27(15-8-9-15)22(28)26-14-7-10-20(24)19(23)11-14/h3-7,10-13,15H,8-9H2,1-2H3,(H,26,28)/t13-/m0/s1. The summed E-state index contributed by atoms with van der Waals surface area (Å²) in [5.41, 5.74) is 1.40. The van der Waals surface area contributed by atoms with Crippen molar-refractivity contribution in [2.24, 2.45) is 0 Å². The molecular formula is C22H21ClFN3O2. The van der Waals surface area contributed by atoms with Gasteiger partial charge in [0.05, 0.1) is 18.2 Å². The lowest BCUT2D eigenvalue weighted by molar-refractivity contribution is 0.189. The van der Waals surface area contributed by atoms with E-state index < -0.39 is 5.82 Å². The summed E-state index contributed by atoms with van der Waals surface area (Å²) in [6, 6.07) is 11.7. The molecule has 7 heteroatoms. The fourth-order valence-corrected chi connectivity index (χ4v) is 3.79. The molecule has 0 bridgehead atoms. The number of carbonyl (C=O) groups is 1. The molecule has 1 N–H and O–H groups in total. The van der Waals surface area contributed by atoms with Crippen molar-refractivity contribution in [1.29, 1.82) is 0 Å². The number of ether oxygens (including phenoxy) is 1. The van der Waals surface area contributed by atoms with Crippen LogP contribution in [0.4, 0.5) is 14.9 Å². The van der Waals surface area contributed by atoms with Crippen LogP contribution in [0.15, 0.2) is 48.7 Å². The summed E-state index contributed by atoms with van der Waals surface area (Å²) >= 11 is 5.84. The predicted octanol–water partition coefficient (Wildman–Crippen LogP) is 5.79. The Kier molecular flexibility index (Phi) is 5.28. The first-order valence-electron chi connectivity index (χ1n) is 9.45. The number of nitrogens with one attached hydrogen (secondary N) is 1. The highest BCUT2D eigenvalue weighted by Crippen LogP contribution is 2.38. The first kappa shape index (κ1) is 19.5. The number of aromatic nitrogens is 1. The van der Waals surface area contributed by atoms with E-state index in [2.05, 4.69) is 10.3 Å². The molecule has 0 spiro atoms. The minimum absolute atomic E-state index is 0.0285. The smallest absolute Gasteiger partial charge is 0.322 e. The molecule has 29 heavy (non-hydrogen) atoms. The van der Waals surface area contributed by atoms with Crippen molar-refractivity contribution in [3.63, 3.8) is 0 Å². The molecule has 2 aromatic carbocycles. The molecule has 1 heterocycles. The highest BCUT2D eigenvalue weighted by molar-refractivity contribution is 6.31. The van der Waals surface area contributed by atoms with E-state index in [4.69, 9.17) is 16.3 Å². The zero-order valence-electron chi connectivity index (χ0n) is 16.2. The van der Waals surface area contributed by atoms with Crippen molar-refractivity contribution in [2.45, 2.75) is 31.8 Å². The highest BCUT2D eigenvalue weighted by Gasteiger charge is 2.37. The van der Waals surface area contributed by atoms with Gasteiger partial charge in [0, 0.05) is 28.9 Å². The lowest BCUT2D eigenvalue weighted by Crippen LogP contribution is -2.38. The number of anilines is 1. The Morgan fingerprint density at radius 2 is 2.00 bits per heavy atom. The largest absolute Gasteiger partial charge is 0.481 e. The predicted molar refractivity (Wildman–Crippen MR) is 112 cm³/mol. The Morgan fingerprint density at radius 1 is 1.28 bits per heavy atom. The van der Waals surface area contributed by atoms with E-state index >= 15 is 0 Å². The van der Waals surface area contributed by atoms with E-state index in [9.17, 15) is 9.18 Å². The van der Waals surface area contributed by atoms with Crippen molar-refractivity contribution < 1.29 is 13.9 Å². The molecule has 1 saturated carbocycles. The van der Waals surface area contributed by atoms with E-state index in [1.807, 2.05) is 36.1 Å². The van der Waals surface area contributed by atoms with Crippen LogP contribution in [0.5, 0.6) is 5.88 Å². The molecule has 4 rings (SSSR count). The number of nitrogens with zero attached hydrogens (tertiary/aromatic N) is 2. The maximum Gasteiger partial charge on any atom is 0.322 e. The number of hydrogen-bond donors (Lipinski definition) is 1. The fraction of sp³-hybridized carbons (Fsp3) is 0.273. The molecule has 1 aliphatic carbocycles. The van der Waals surface area contributed by atoms with Crippen molar-refractivity contribution in [3.8, 4) is 5.88 Å². The average molecular weight is 414 g/mol. The van der Waals surface area contributed by atoms with Crippen LogP contribution in [0, 0.1) is 5.82 Å². The lowest BCUT2D eigenvalue weighted by Gasteiger charge is -2.30. The van der Waals surface area contributed by atoms with Crippen LogP contribution >= 0.6 is 11.6 Å². The molecule has 0 aliphatic heterocycles. The Morgan fingerprint density at radius 3 is 2.66 bits per heavy atom. The molecule has 5 nitrogen and oxygen atoms in total. The van der Waals surface area contributed by atoms with Gasteiger partial charge in [-0.15, -0.1) is 0 Å². The van der Waals surface area contributed by atoms with E-state index in [0.29, 0.717) is 11.6 Å². The van der Waals surface area contributed by atoms with Crippen LogP contribution in [0.3, 0.4) is 0 Å². The number of pyridine rings is 1. The number of hydrogen-bond acceptors (Lipinski definition) is 3. The quantitative estimate of drug-likeness (QED) is 0.575. The molecule has 1 atom stereocenters. The number of rotatable bonds is 5. The molecule has 1 aromatic heterocycles. The van der Waals surface area contributed by atoms with E-state index in [-0.39, 0.29) is 23.1 Å². The van der Waals surface area contributed by atoms with Gasteiger partial charge in [0.15, 0.2) is 0 Å². The molecule has 0 unspecified atom stereocenters. The van der Waals surface area contributed by atoms with Gasteiger partial charge in [-0.25, -0.2) is 14.2 Å². The SMILES string of the molecule is COc1ncc([C@H](C)N(C(=O)Nc2ccc(F)c(Cl)c2)C2CC2)c2ccccc12. The number of benzene rings is 2. The molecule has 3 aromatic rings. The van der Waals surface area contributed by atoms with E-state index in [1.54, 1.807) is 13.3 Å². The van der Waals surface area contributed by atoms with Gasteiger partial charge in [-0.1, -0.05) is 29.8 Å². The zero-order valence-corrected chi connectivity index (χ0v) is 16.9. The summed E-state index contributed by atoms with van der Waals surface area (Å²) in [4.78, 5) is 19.4. The maximum absolute atomic E-state index is 13.4. The molecule has 2 amide bonds. The van der Waals surface area contributed by atoms with Crippen molar-refractivity contribution in [3.05, 3.63) is 65.1 Å². The van der Waals surface area contributed by atoms with E-state index in [1.165, 1.54) is 18.2 Å². The molecule has 150 valence electrons. The van der Waals surface area contributed by atoms with Gasteiger partial charge in [-0.05, 0) is 49.4 Å². The molecule has 0 saturated heterocycles.